The number of alkyl halides is 2. The number of hydrogen-bond donors (Lipinski definition) is 1. The van der Waals surface area contributed by atoms with Crippen LogP contribution in [0.25, 0.3) is 0 Å². The number of amides is 1. The first-order valence-corrected chi connectivity index (χ1v) is 4.78. The predicted molar refractivity (Wildman–Crippen MR) is 49.3 cm³/mol. The maximum absolute atomic E-state index is 12.6. The Balaban J connectivity index is 2.50. The van der Waals surface area contributed by atoms with Crippen LogP contribution in [0.4, 0.5) is 8.78 Å². The molecule has 82 valence electrons. The molecule has 1 unspecified atom stereocenters. The molecule has 3 nitrogen and oxygen atoms in total. The van der Waals surface area contributed by atoms with E-state index in [1.165, 1.54) is 4.90 Å². The molecule has 0 aromatic rings. The standard InChI is InChI=1S/C9H16F2N2O/c1-7-6-12-3-4-13(7)8(14)5-9(2,10)11/h7,12H,3-6H2,1-2H3. The third-order valence-corrected chi connectivity index (χ3v) is 2.28. The summed E-state index contributed by atoms with van der Waals surface area (Å²) in [6.45, 7) is 4.53. The molecule has 0 spiro atoms. The average molecular weight is 206 g/mol. The summed E-state index contributed by atoms with van der Waals surface area (Å²) in [5.74, 6) is -3.35. The lowest BCUT2D eigenvalue weighted by Crippen LogP contribution is -2.53. The van der Waals surface area contributed by atoms with Gasteiger partial charge in [0.15, 0.2) is 0 Å². The third-order valence-electron chi connectivity index (χ3n) is 2.28. The van der Waals surface area contributed by atoms with E-state index in [9.17, 15) is 13.6 Å². The first-order valence-electron chi connectivity index (χ1n) is 4.78. The lowest BCUT2D eigenvalue weighted by atomic mass is 10.1. The van der Waals surface area contributed by atoms with Gasteiger partial charge < -0.3 is 10.2 Å². The molecule has 0 radical (unpaired) electrons. The fourth-order valence-electron chi connectivity index (χ4n) is 1.58. The molecule has 0 aromatic carbocycles. The maximum Gasteiger partial charge on any atom is 0.254 e. The second-order valence-electron chi connectivity index (χ2n) is 3.89. The Morgan fingerprint density at radius 3 is 2.79 bits per heavy atom. The Bertz CT molecular complexity index is 215. The molecule has 0 saturated carbocycles. The normalized spacial score (nSPS) is 23.7. The van der Waals surface area contributed by atoms with Crippen LogP contribution in [0, 0.1) is 0 Å². The summed E-state index contributed by atoms with van der Waals surface area (Å²) in [6, 6.07) is 0.0126. The first kappa shape index (κ1) is 11.4. The zero-order valence-electron chi connectivity index (χ0n) is 8.52. The Morgan fingerprint density at radius 2 is 2.29 bits per heavy atom. The van der Waals surface area contributed by atoms with Crippen molar-refractivity contribution < 1.29 is 13.6 Å². The monoisotopic (exact) mass is 206 g/mol. The molecule has 1 N–H and O–H groups in total. The molecular weight excluding hydrogens is 190 g/mol. The Morgan fingerprint density at radius 1 is 1.64 bits per heavy atom. The number of nitrogens with one attached hydrogen (secondary N) is 1. The Hall–Kier alpha value is -0.710. The van der Waals surface area contributed by atoms with E-state index < -0.39 is 18.3 Å². The number of carbonyl (C=O) groups excluding carboxylic acids is 1. The number of carbonyl (C=O) groups is 1. The van der Waals surface area contributed by atoms with Gasteiger partial charge in [-0.2, -0.15) is 0 Å². The molecule has 1 rings (SSSR count). The van der Waals surface area contributed by atoms with Gasteiger partial charge in [0.25, 0.3) is 5.92 Å². The van der Waals surface area contributed by atoms with Gasteiger partial charge in [-0.3, -0.25) is 4.79 Å². The van der Waals surface area contributed by atoms with Gasteiger partial charge in [-0.05, 0) is 13.8 Å². The van der Waals surface area contributed by atoms with Crippen LogP contribution in [0.15, 0.2) is 0 Å². The van der Waals surface area contributed by atoms with Crippen LogP contribution < -0.4 is 5.32 Å². The molecule has 1 aliphatic heterocycles. The molecule has 1 fully saturated rings. The van der Waals surface area contributed by atoms with Crippen LogP contribution in [-0.2, 0) is 4.79 Å². The van der Waals surface area contributed by atoms with Crippen molar-refractivity contribution in [2.75, 3.05) is 19.6 Å². The smallest absolute Gasteiger partial charge is 0.254 e. The van der Waals surface area contributed by atoms with Gasteiger partial charge in [-0.1, -0.05) is 0 Å². The first-order chi connectivity index (χ1) is 6.40. The zero-order valence-corrected chi connectivity index (χ0v) is 8.52. The van der Waals surface area contributed by atoms with Crippen molar-refractivity contribution in [2.45, 2.75) is 32.2 Å². The largest absolute Gasteiger partial charge is 0.337 e. The second-order valence-corrected chi connectivity index (χ2v) is 3.89. The van der Waals surface area contributed by atoms with Gasteiger partial charge in [-0.25, -0.2) is 8.78 Å². The Kier molecular flexibility index (Phi) is 3.42. The quantitative estimate of drug-likeness (QED) is 0.726. The summed E-state index contributed by atoms with van der Waals surface area (Å²) >= 11 is 0. The maximum atomic E-state index is 12.6. The minimum atomic E-state index is -2.90. The summed E-state index contributed by atoms with van der Waals surface area (Å²) < 4.78 is 25.2. The van der Waals surface area contributed by atoms with Crippen LogP contribution in [0.3, 0.4) is 0 Å². The highest BCUT2D eigenvalue weighted by molar-refractivity contribution is 5.77. The fraction of sp³-hybridized carbons (Fsp3) is 0.889. The van der Waals surface area contributed by atoms with Gasteiger partial charge in [-0.15, -0.1) is 0 Å². The van der Waals surface area contributed by atoms with E-state index in [1.54, 1.807) is 0 Å². The third kappa shape index (κ3) is 3.21. The highest BCUT2D eigenvalue weighted by Crippen LogP contribution is 2.19. The fourth-order valence-corrected chi connectivity index (χ4v) is 1.58. The van der Waals surface area contributed by atoms with Crippen molar-refractivity contribution in [3.63, 3.8) is 0 Å². The SMILES string of the molecule is CC1CNCCN1C(=O)CC(C)(F)F. The van der Waals surface area contributed by atoms with E-state index in [-0.39, 0.29) is 6.04 Å². The van der Waals surface area contributed by atoms with Crippen molar-refractivity contribution in [2.24, 2.45) is 0 Å². The summed E-state index contributed by atoms with van der Waals surface area (Å²) in [5.41, 5.74) is 0. The van der Waals surface area contributed by atoms with E-state index >= 15 is 0 Å². The van der Waals surface area contributed by atoms with E-state index in [1.807, 2.05) is 6.92 Å². The Labute approximate surface area is 82.5 Å². The molecule has 1 atom stereocenters. The molecule has 14 heavy (non-hydrogen) atoms. The zero-order chi connectivity index (χ0) is 10.8. The number of piperazine rings is 1. The molecule has 5 heteroatoms. The minimum Gasteiger partial charge on any atom is -0.337 e. The number of hydrogen-bond acceptors (Lipinski definition) is 2. The number of halogens is 2. The van der Waals surface area contributed by atoms with E-state index in [2.05, 4.69) is 5.32 Å². The van der Waals surface area contributed by atoms with E-state index in [0.29, 0.717) is 19.6 Å². The topological polar surface area (TPSA) is 32.3 Å². The van der Waals surface area contributed by atoms with Crippen molar-refractivity contribution >= 4 is 5.91 Å². The van der Waals surface area contributed by atoms with Crippen molar-refractivity contribution in [3.05, 3.63) is 0 Å². The molecule has 1 heterocycles. The summed E-state index contributed by atoms with van der Waals surface area (Å²) in [4.78, 5) is 13.0. The van der Waals surface area contributed by atoms with Gasteiger partial charge in [0.2, 0.25) is 5.91 Å². The van der Waals surface area contributed by atoms with E-state index in [4.69, 9.17) is 0 Å². The summed E-state index contributed by atoms with van der Waals surface area (Å²) in [5, 5.41) is 3.10. The molecule has 1 amide bonds. The number of rotatable bonds is 2. The highest BCUT2D eigenvalue weighted by Gasteiger charge is 2.31. The lowest BCUT2D eigenvalue weighted by molar-refractivity contribution is -0.140. The molecule has 0 aromatic heterocycles. The molecule has 0 bridgehead atoms. The molecule has 1 saturated heterocycles. The number of nitrogens with zero attached hydrogens (tertiary/aromatic N) is 1. The van der Waals surface area contributed by atoms with Crippen molar-refractivity contribution in [1.82, 2.24) is 10.2 Å². The molecular formula is C9H16F2N2O. The molecule has 0 aliphatic carbocycles. The van der Waals surface area contributed by atoms with Crippen LogP contribution in [0.1, 0.15) is 20.3 Å². The van der Waals surface area contributed by atoms with Gasteiger partial charge in [0.1, 0.15) is 0 Å². The summed E-state index contributed by atoms with van der Waals surface area (Å²) in [6.07, 6.45) is -0.683. The minimum absolute atomic E-state index is 0.0126. The lowest BCUT2D eigenvalue weighted by Gasteiger charge is -2.34. The average Bonchev–Trinajstić information content (AvgIpc) is 2.01. The van der Waals surface area contributed by atoms with Gasteiger partial charge >= 0.3 is 0 Å². The highest BCUT2D eigenvalue weighted by atomic mass is 19.3. The van der Waals surface area contributed by atoms with E-state index in [0.717, 1.165) is 6.92 Å². The predicted octanol–water partition coefficient (Wildman–Crippen LogP) is 0.852. The summed E-state index contributed by atoms with van der Waals surface area (Å²) in [7, 11) is 0. The van der Waals surface area contributed by atoms with Gasteiger partial charge in [0.05, 0.1) is 6.42 Å². The second kappa shape index (κ2) is 4.21. The molecule has 1 aliphatic rings. The van der Waals surface area contributed by atoms with Gasteiger partial charge in [0, 0.05) is 25.7 Å². The van der Waals surface area contributed by atoms with Crippen LogP contribution in [-0.4, -0.2) is 42.4 Å². The van der Waals surface area contributed by atoms with Crippen molar-refractivity contribution in [3.8, 4) is 0 Å². The van der Waals surface area contributed by atoms with Crippen LogP contribution >= 0.6 is 0 Å². The van der Waals surface area contributed by atoms with Crippen LogP contribution in [0.5, 0.6) is 0 Å². The van der Waals surface area contributed by atoms with Crippen LogP contribution in [0.2, 0.25) is 0 Å². The van der Waals surface area contributed by atoms with Crippen molar-refractivity contribution in [1.29, 1.82) is 0 Å².